The van der Waals surface area contributed by atoms with Gasteiger partial charge in [-0.2, -0.15) is 5.26 Å². The predicted octanol–water partition coefficient (Wildman–Crippen LogP) is 5.54. The van der Waals surface area contributed by atoms with Crippen LogP contribution in [0.1, 0.15) is 45.9 Å². The van der Waals surface area contributed by atoms with Gasteiger partial charge in [0.05, 0.1) is 28.9 Å². The van der Waals surface area contributed by atoms with Gasteiger partial charge in [0.2, 0.25) is 0 Å². The van der Waals surface area contributed by atoms with E-state index in [1.807, 2.05) is 77.7 Å². The number of carbonyl (C=O) groups is 1. The normalized spacial score (nSPS) is 18.6. The van der Waals surface area contributed by atoms with E-state index in [9.17, 15) is 10.1 Å². The van der Waals surface area contributed by atoms with Crippen molar-refractivity contribution in [3.8, 4) is 6.07 Å². The number of pyridine rings is 1. The molecule has 31 heavy (non-hydrogen) atoms. The lowest BCUT2D eigenvalue weighted by atomic mass is 9.76. The van der Waals surface area contributed by atoms with Gasteiger partial charge in [-0.3, -0.25) is 14.7 Å². The van der Waals surface area contributed by atoms with Crippen molar-refractivity contribution in [3.63, 3.8) is 0 Å². The number of fused-ring (bicyclic) bond motifs is 3. The van der Waals surface area contributed by atoms with E-state index in [2.05, 4.69) is 17.1 Å². The Kier molecular flexibility index (Phi) is 3.75. The fourth-order valence-corrected chi connectivity index (χ4v) is 5.16. The molecule has 0 bridgehead atoms. The quantitative estimate of drug-likeness (QED) is 0.443. The summed E-state index contributed by atoms with van der Waals surface area (Å²) in [6, 6.07) is 27.7. The topological polar surface area (TPSA) is 57.0 Å². The van der Waals surface area contributed by atoms with Crippen LogP contribution in [-0.4, -0.2) is 10.9 Å². The minimum Gasteiger partial charge on any atom is -0.298 e. The third-order valence-electron chi connectivity index (χ3n) is 6.71. The highest BCUT2D eigenvalue weighted by molar-refractivity contribution is 6.13. The predicted molar refractivity (Wildman–Crippen MR) is 120 cm³/mol. The maximum absolute atomic E-state index is 13.9. The fraction of sp³-hybridized carbons (Fsp3) is 0.148. The molecule has 1 fully saturated rings. The molecule has 2 heterocycles. The van der Waals surface area contributed by atoms with Crippen molar-refractivity contribution in [1.29, 1.82) is 5.26 Å². The lowest BCUT2D eigenvalue weighted by Gasteiger charge is -2.43. The Balaban J connectivity index is 1.64. The summed E-state index contributed by atoms with van der Waals surface area (Å²) < 4.78 is 0. The summed E-state index contributed by atoms with van der Waals surface area (Å²) in [6.45, 7) is 0. The van der Waals surface area contributed by atoms with Crippen LogP contribution in [0.2, 0.25) is 0 Å². The van der Waals surface area contributed by atoms with Crippen molar-refractivity contribution in [2.75, 3.05) is 4.90 Å². The first kappa shape index (κ1) is 17.9. The summed E-state index contributed by atoms with van der Waals surface area (Å²) in [6.07, 6.45) is 3.82. The van der Waals surface area contributed by atoms with Gasteiger partial charge < -0.3 is 0 Å². The zero-order valence-electron chi connectivity index (χ0n) is 16.8. The van der Waals surface area contributed by atoms with Crippen LogP contribution in [-0.2, 0) is 5.41 Å². The van der Waals surface area contributed by atoms with Crippen LogP contribution in [0.4, 0.5) is 5.69 Å². The second kappa shape index (κ2) is 6.52. The number of hydrogen-bond acceptors (Lipinski definition) is 3. The molecule has 1 amide bonds. The largest absolute Gasteiger partial charge is 0.298 e. The number of nitrogens with zero attached hydrogens (tertiary/aromatic N) is 3. The molecule has 2 aliphatic rings. The molecular formula is C27H19N3O. The number of para-hydroxylation sites is 1. The van der Waals surface area contributed by atoms with E-state index in [-0.39, 0.29) is 17.4 Å². The van der Waals surface area contributed by atoms with Crippen LogP contribution in [0.25, 0.3) is 10.9 Å². The SMILES string of the molecule is N#Cc1ccc(C2N(c3cccc4cccnc34)C(=O)c3ccccc3C23CC3)cc1. The van der Waals surface area contributed by atoms with Crippen LogP contribution < -0.4 is 4.90 Å². The molecule has 4 heteroatoms. The molecule has 6 rings (SSSR count). The van der Waals surface area contributed by atoms with Gasteiger partial charge in [0.1, 0.15) is 0 Å². The molecule has 148 valence electrons. The Hall–Kier alpha value is -3.97. The molecule has 1 spiro atoms. The van der Waals surface area contributed by atoms with Gasteiger partial charge in [-0.1, -0.05) is 48.5 Å². The smallest absolute Gasteiger partial charge is 0.259 e. The number of amides is 1. The van der Waals surface area contributed by atoms with Gasteiger partial charge in [0, 0.05) is 22.6 Å². The van der Waals surface area contributed by atoms with E-state index in [0.29, 0.717) is 5.56 Å². The lowest BCUT2D eigenvalue weighted by Crippen LogP contribution is -2.46. The van der Waals surface area contributed by atoms with Crippen molar-refractivity contribution < 1.29 is 4.79 Å². The average Bonchev–Trinajstić information content (AvgIpc) is 3.62. The summed E-state index contributed by atoms with van der Waals surface area (Å²) in [4.78, 5) is 20.5. The Bertz CT molecular complexity index is 1370. The van der Waals surface area contributed by atoms with Gasteiger partial charge >= 0.3 is 0 Å². The zero-order valence-corrected chi connectivity index (χ0v) is 16.8. The molecule has 1 aliphatic carbocycles. The maximum Gasteiger partial charge on any atom is 0.259 e. The first-order valence-electron chi connectivity index (χ1n) is 10.5. The molecule has 1 unspecified atom stereocenters. The molecule has 1 aromatic heterocycles. The Morgan fingerprint density at radius 1 is 0.935 bits per heavy atom. The van der Waals surface area contributed by atoms with E-state index in [1.165, 1.54) is 0 Å². The molecule has 1 aliphatic heterocycles. The molecule has 1 atom stereocenters. The number of nitriles is 1. The molecule has 0 radical (unpaired) electrons. The number of hydrogen-bond donors (Lipinski definition) is 0. The Labute approximate surface area is 180 Å². The molecular weight excluding hydrogens is 382 g/mol. The van der Waals surface area contributed by atoms with Gasteiger partial charge in [0.25, 0.3) is 5.91 Å². The van der Waals surface area contributed by atoms with Crippen molar-refractivity contribution >= 4 is 22.5 Å². The number of anilines is 1. The third-order valence-corrected chi connectivity index (χ3v) is 6.71. The number of carbonyl (C=O) groups excluding carboxylic acids is 1. The van der Waals surface area contributed by atoms with Gasteiger partial charge in [-0.15, -0.1) is 0 Å². The highest BCUT2D eigenvalue weighted by Gasteiger charge is 2.59. The first-order chi connectivity index (χ1) is 15.2. The van der Waals surface area contributed by atoms with E-state index < -0.39 is 0 Å². The summed E-state index contributed by atoms with van der Waals surface area (Å²) in [7, 11) is 0. The molecule has 0 saturated heterocycles. The van der Waals surface area contributed by atoms with Crippen molar-refractivity contribution in [2.24, 2.45) is 0 Å². The van der Waals surface area contributed by atoms with Gasteiger partial charge in [0.15, 0.2) is 0 Å². The third kappa shape index (κ3) is 2.53. The highest BCUT2D eigenvalue weighted by atomic mass is 16.2. The first-order valence-corrected chi connectivity index (χ1v) is 10.5. The molecule has 4 aromatic rings. The second-order valence-electron chi connectivity index (χ2n) is 8.37. The van der Waals surface area contributed by atoms with Crippen LogP contribution in [0.3, 0.4) is 0 Å². The lowest BCUT2D eigenvalue weighted by molar-refractivity contribution is 0.0956. The van der Waals surface area contributed by atoms with Crippen molar-refractivity contribution in [2.45, 2.75) is 24.3 Å². The van der Waals surface area contributed by atoms with Gasteiger partial charge in [-0.05, 0) is 54.3 Å². The average molecular weight is 401 g/mol. The van der Waals surface area contributed by atoms with E-state index in [1.54, 1.807) is 6.20 Å². The molecule has 3 aromatic carbocycles. The van der Waals surface area contributed by atoms with E-state index in [0.717, 1.165) is 46.1 Å². The van der Waals surface area contributed by atoms with Crippen LogP contribution in [0.5, 0.6) is 0 Å². The zero-order chi connectivity index (χ0) is 21.0. The number of aromatic nitrogens is 1. The van der Waals surface area contributed by atoms with E-state index in [4.69, 9.17) is 0 Å². The second-order valence-corrected chi connectivity index (χ2v) is 8.37. The molecule has 4 nitrogen and oxygen atoms in total. The molecule has 0 N–H and O–H groups in total. The Morgan fingerprint density at radius 2 is 1.71 bits per heavy atom. The van der Waals surface area contributed by atoms with E-state index >= 15 is 0 Å². The highest BCUT2D eigenvalue weighted by Crippen LogP contribution is 2.62. The number of rotatable bonds is 2. The van der Waals surface area contributed by atoms with Crippen LogP contribution in [0, 0.1) is 11.3 Å². The minimum atomic E-state index is -0.143. The minimum absolute atomic E-state index is 0.000591. The van der Waals surface area contributed by atoms with Gasteiger partial charge in [-0.25, -0.2) is 0 Å². The standard InChI is InChI=1S/C27H19N3O/c28-17-18-10-12-20(13-11-18)25-27(14-15-27)22-8-2-1-7-21(22)26(31)30(25)23-9-3-5-19-6-4-16-29-24(19)23/h1-13,16,25H,14-15H2. The van der Waals surface area contributed by atoms with Crippen LogP contribution in [0.15, 0.2) is 85.1 Å². The summed E-state index contributed by atoms with van der Waals surface area (Å²) >= 11 is 0. The molecule has 1 saturated carbocycles. The summed E-state index contributed by atoms with van der Waals surface area (Å²) in [5.74, 6) is 0.000591. The summed E-state index contributed by atoms with van der Waals surface area (Å²) in [5, 5.41) is 10.3. The monoisotopic (exact) mass is 401 g/mol. The van der Waals surface area contributed by atoms with Crippen LogP contribution >= 0.6 is 0 Å². The summed E-state index contributed by atoms with van der Waals surface area (Å²) in [5.41, 5.74) is 5.12. The Morgan fingerprint density at radius 3 is 2.48 bits per heavy atom. The number of benzene rings is 3. The van der Waals surface area contributed by atoms with Crippen molar-refractivity contribution in [3.05, 3.63) is 107 Å². The van der Waals surface area contributed by atoms with Crippen molar-refractivity contribution in [1.82, 2.24) is 4.98 Å². The fourth-order valence-electron chi connectivity index (χ4n) is 5.16. The maximum atomic E-state index is 13.9.